The second-order valence-corrected chi connectivity index (χ2v) is 3.82. The van der Waals surface area contributed by atoms with Gasteiger partial charge in [0.25, 0.3) is 6.43 Å². The molecule has 2 N–H and O–H groups in total. The van der Waals surface area contributed by atoms with Gasteiger partial charge in [0, 0.05) is 12.1 Å². The summed E-state index contributed by atoms with van der Waals surface area (Å²) in [6.45, 7) is 1.90. The van der Waals surface area contributed by atoms with Crippen LogP contribution in [-0.2, 0) is 22.5 Å². The second kappa shape index (κ2) is 6.61. The molecule has 0 aromatic carbocycles. The molecule has 0 unspecified atom stereocenters. The summed E-state index contributed by atoms with van der Waals surface area (Å²) in [4.78, 5) is 14.9. The maximum atomic E-state index is 12.6. The van der Waals surface area contributed by atoms with Crippen LogP contribution in [0.3, 0.4) is 0 Å². The number of nitrogens with two attached hydrogens (primary N) is 1. The van der Waals surface area contributed by atoms with Gasteiger partial charge in [0.1, 0.15) is 10.8 Å². The van der Waals surface area contributed by atoms with Crippen LogP contribution in [0.25, 0.3) is 0 Å². The lowest BCUT2D eigenvalue weighted by molar-refractivity contribution is -0.142. The van der Waals surface area contributed by atoms with E-state index in [-0.39, 0.29) is 24.7 Å². The first kappa shape index (κ1) is 14.8. The summed E-state index contributed by atoms with van der Waals surface area (Å²) in [5, 5.41) is -0.102. The van der Waals surface area contributed by atoms with Crippen LogP contribution in [0.1, 0.15) is 30.2 Å². The number of nitrogens with zero attached hydrogens (tertiary/aromatic N) is 1. The zero-order chi connectivity index (χ0) is 13.7. The summed E-state index contributed by atoms with van der Waals surface area (Å²) in [7, 11) is 0. The smallest absolute Gasteiger partial charge is 0.310 e. The van der Waals surface area contributed by atoms with Crippen LogP contribution >= 0.6 is 11.6 Å². The summed E-state index contributed by atoms with van der Waals surface area (Å²) < 4.78 is 29.9. The highest BCUT2D eigenvalue weighted by molar-refractivity contribution is 6.30. The molecule has 4 nitrogen and oxygen atoms in total. The van der Waals surface area contributed by atoms with Gasteiger partial charge in [-0.3, -0.25) is 4.79 Å². The molecule has 1 aromatic heterocycles. The van der Waals surface area contributed by atoms with Crippen molar-refractivity contribution in [2.24, 2.45) is 5.73 Å². The Labute approximate surface area is 108 Å². The Balaban J connectivity index is 3.10. The van der Waals surface area contributed by atoms with Crippen molar-refractivity contribution in [2.45, 2.75) is 26.3 Å². The fraction of sp³-hybridized carbons (Fsp3) is 0.455. The van der Waals surface area contributed by atoms with Crippen molar-refractivity contribution in [1.29, 1.82) is 0 Å². The molecular formula is C11H13ClF2N2O2. The number of ether oxygens (including phenoxy) is 1. The molecule has 100 valence electrons. The van der Waals surface area contributed by atoms with E-state index in [4.69, 9.17) is 22.1 Å². The third kappa shape index (κ3) is 3.61. The quantitative estimate of drug-likeness (QED) is 0.663. The van der Waals surface area contributed by atoms with E-state index < -0.39 is 18.1 Å². The van der Waals surface area contributed by atoms with Crippen molar-refractivity contribution in [3.63, 3.8) is 0 Å². The molecule has 0 aliphatic carbocycles. The van der Waals surface area contributed by atoms with E-state index in [0.717, 1.165) is 6.07 Å². The Hall–Kier alpha value is -1.27. The van der Waals surface area contributed by atoms with E-state index in [1.54, 1.807) is 6.92 Å². The van der Waals surface area contributed by atoms with Gasteiger partial charge in [-0.2, -0.15) is 0 Å². The number of hydrogen-bond donors (Lipinski definition) is 1. The molecule has 0 amide bonds. The predicted molar refractivity (Wildman–Crippen MR) is 62.4 cm³/mol. The Morgan fingerprint density at radius 2 is 2.28 bits per heavy atom. The Kier molecular flexibility index (Phi) is 5.43. The molecule has 1 aromatic rings. The molecule has 0 aliphatic heterocycles. The van der Waals surface area contributed by atoms with Crippen molar-refractivity contribution in [2.75, 3.05) is 6.61 Å². The normalized spacial score (nSPS) is 10.8. The van der Waals surface area contributed by atoms with Crippen molar-refractivity contribution >= 4 is 17.6 Å². The van der Waals surface area contributed by atoms with E-state index in [9.17, 15) is 13.6 Å². The minimum absolute atomic E-state index is 0.0179. The van der Waals surface area contributed by atoms with Gasteiger partial charge in [-0.15, -0.1) is 0 Å². The van der Waals surface area contributed by atoms with E-state index in [1.807, 2.05) is 0 Å². The predicted octanol–water partition coefficient (Wildman–Crippen LogP) is 2.24. The highest BCUT2D eigenvalue weighted by Gasteiger charge is 2.18. The van der Waals surface area contributed by atoms with Gasteiger partial charge < -0.3 is 10.5 Å². The molecule has 0 fully saturated rings. The molecule has 0 bridgehead atoms. The summed E-state index contributed by atoms with van der Waals surface area (Å²) in [5.74, 6) is -0.519. The molecule has 0 atom stereocenters. The molecule has 0 saturated carbocycles. The van der Waals surface area contributed by atoms with Crippen molar-refractivity contribution in [3.05, 3.63) is 28.0 Å². The minimum Gasteiger partial charge on any atom is -0.466 e. The van der Waals surface area contributed by atoms with Crippen molar-refractivity contribution in [3.8, 4) is 0 Å². The average Bonchev–Trinajstić information content (AvgIpc) is 2.28. The van der Waals surface area contributed by atoms with Crippen molar-refractivity contribution < 1.29 is 18.3 Å². The van der Waals surface area contributed by atoms with Gasteiger partial charge in [0.2, 0.25) is 0 Å². The number of rotatable bonds is 5. The van der Waals surface area contributed by atoms with Crippen LogP contribution in [-0.4, -0.2) is 17.6 Å². The van der Waals surface area contributed by atoms with Crippen LogP contribution in [0.15, 0.2) is 6.07 Å². The van der Waals surface area contributed by atoms with Crippen LogP contribution in [0, 0.1) is 0 Å². The Bertz CT molecular complexity index is 441. The number of carbonyl (C=O) groups excluding carboxylic acids is 1. The first-order valence-corrected chi connectivity index (χ1v) is 5.69. The monoisotopic (exact) mass is 278 g/mol. The number of hydrogen-bond acceptors (Lipinski definition) is 4. The highest BCUT2D eigenvalue weighted by atomic mass is 35.5. The molecular weight excluding hydrogens is 266 g/mol. The third-order valence-corrected chi connectivity index (χ3v) is 2.57. The van der Waals surface area contributed by atoms with Crippen molar-refractivity contribution in [1.82, 2.24) is 4.98 Å². The zero-order valence-electron chi connectivity index (χ0n) is 9.75. The maximum Gasteiger partial charge on any atom is 0.310 e. The number of aromatic nitrogens is 1. The molecule has 0 aliphatic rings. The summed E-state index contributed by atoms with van der Waals surface area (Å²) in [6.07, 6.45) is -2.90. The maximum absolute atomic E-state index is 12.6. The highest BCUT2D eigenvalue weighted by Crippen LogP contribution is 2.25. The minimum atomic E-state index is -2.75. The first-order chi connectivity index (χ1) is 8.49. The second-order valence-electron chi connectivity index (χ2n) is 3.46. The van der Waals surface area contributed by atoms with Crippen LogP contribution < -0.4 is 5.73 Å². The lowest BCUT2D eigenvalue weighted by atomic mass is 10.1. The fourth-order valence-corrected chi connectivity index (χ4v) is 1.76. The largest absolute Gasteiger partial charge is 0.466 e. The first-order valence-electron chi connectivity index (χ1n) is 5.31. The molecule has 18 heavy (non-hydrogen) atoms. The molecule has 0 spiro atoms. The van der Waals surface area contributed by atoms with Gasteiger partial charge >= 0.3 is 5.97 Å². The Morgan fingerprint density at radius 3 is 2.78 bits per heavy atom. The van der Waals surface area contributed by atoms with Crippen LogP contribution in [0.5, 0.6) is 0 Å². The third-order valence-electron chi connectivity index (χ3n) is 2.25. The summed E-state index contributed by atoms with van der Waals surface area (Å²) in [5.41, 5.74) is 5.70. The fourth-order valence-electron chi connectivity index (χ4n) is 1.46. The SMILES string of the molecule is CCOC(=O)Cc1cc(C(F)F)nc(Cl)c1CN. The number of carbonyl (C=O) groups is 1. The van der Waals surface area contributed by atoms with Crippen LogP contribution in [0.2, 0.25) is 5.15 Å². The molecule has 7 heteroatoms. The zero-order valence-corrected chi connectivity index (χ0v) is 10.5. The number of esters is 1. The summed E-state index contributed by atoms with van der Waals surface area (Å²) in [6, 6.07) is 1.13. The molecule has 1 heterocycles. The lowest BCUT2D eigenvalue weighted by Gasteiger charge is -2.11. The van der Waals surface area contributed by atoms with E-state index in [1.165, 1.54) is 0 Å². The van der Waals surface area contributed by atoms with Gasteiger partial charge in [-0.1, -0.05) is 11.6 Å². The lowest BCUT2D eigenvalue weighted by Crippen LogP contribution is -2.13. The summed E-state index contributed by atoms with van der Waals surface area (Å²) >= 11 is 5.76. The number of pyridine rings is 1. The van der Waals surface area contributed by atoms with E-state index in [2.05, 4.69) is 4.98 Å². The molecule has 1 rings (SSSR count). The van der Waals surface area contributed by atoms with E-state index in [0.29, 0.717) is 11.1 Å². The van der Waals surface area contributed by atoms with Gasteiger partial charge in [0.15, 0.2) is 0 Å². The van der Waals surface area contributed by atoms with E-state index >= 15 is 0 Å². The molecule has 0 radical (unpaired) electrons. The molecule has 0 saturated heterocycles. The number of halogens is 3. The van der Waals surface area contributed by atoms with Gasteiger partial charge in [-0.05, 0) is 18.6 Å². The topological polar surface area (TPSA) is 65.2 Å². The standard InChI is InChI=1S/C11H13ClF2N2O2/c1-2-18-9(17)4-6-3-8(11(13)14)16-10(12)7(6)5-15/h3,11H,2,4-5,15H2,1H3. The average molecular weight is 279 g/mol. The van der Waals surface area contributed by atoms with Gasteiger partial charge in [0.05, 0.1) is 13.0 Å². The van der Waals surface area contributed by atoms with Crippen LogP contribution in [0.4, 0.5) is 8.78 Å². The van der Waals surface area contributed by atoms with Gasteiger partial charge in [-0.25, -0.2) is 13.8 Å². The number of alkyl halides is 2. The Morgan fingerprint density at radius 1 is 1.61 bits per heavy atom.